The quantitative estimate of drug-likeness (QED) is 0.855. The molecule has 0 saturated carbocycles. The number of amides is 2. The third-order valence-electron chi connectivity index (χ3n) is 3.96. The Kier molecular flexibility index (Phi) is 3.98. The molecule has 1 saturated heterocycles. The largest absolute Gasteiger partial charge is 0.325 e. The molecular weight excluding hydrogens is 296 g/mol. The van der Waals surface area contributed by atoms with Gasteiger partial charge in [0.2, 0.25) is 5.91 Å². The SMILES string of the molecule is Cc1ccc(N2CC(C)N(C(=O)c3ccsc3)CC2=O)cc1. The highest BCUT2D eigenvalue weighted by atomic mass is 32.1. The molecule has 4 nitrogen and oxygen atoms in total. The van der Waals surface area contributed by atoms with E-state index in [0.29, 0.717) is 12.1 Å². The Bertz CT molecular complexity index is 679. The summed E-state index contributed by atoms with van der Waals surface area (Å²) in [6, 6.07) is 9.70. The third kappa shape index (κ3) is 2.76. The van der Waals surface area contributed by atoms with Crippen LogP contribution in [0.25, 0.3) is 0 Å². The Labute approximate surface area is 134 Å². The van der Waals surface area contributed by atoms with Gasteiger partial charge in [0.15, 0.2) is 0 Å². The van der Waals surface area contributed by atoms with Gasteiger partial charge in [-0.15, -0.1) is 0 Å². The Morgan fingerprint density at radius 1 is 1.23 bits per heavy atom. The predicted octanol–water partition coefficient (Wildman–Crippen LogP) is 2.93. The first-order valence-corrected chi connectivity index (χ1v) is 8.21. The molecule has 2 aromatic rings. The Morgan fingerprint density at radius 3 is 2.59 bits per heavy atom. The van der Waals surface area contributed by atoms with Crippen LogP contribution in [0, 0.1) is 6.92 Å². The topological polar surface area (TPSA) is 40.6 Å². The van der Waals surface area contributed by atoms with Crippen molar-refractivity contribution >= 4 is 28.8 Å². The summed E-state index contributed by atoms with van der Waals surface area (Å²) < 4.78 is 0. The maximum Gasteiger partial charge on any atom is 0.255 e. The Morgan fingerprint density at radius 2 is 1.95 bits per heavy atom. The summed E-state index contributed by atoms with van der Waals surface area (Å²) in [5, 5.41) is 3.70. The van der Waals surface area contributed by atoms with Crippen molar-refractivity contribution in [3.05, 3.63) is 52.2 Å². The van der Waals surface area contributed by atoms with Crippen LogP contribution in [-0.2, 0) is 4.79 Å². The molecule has 22 heavy (non-hydrogen) atoms. The number of carbonyl (C=O) groups excluding carboxylic acids is 2. The van der Waals surface area contributed by atoms with Gasteiger partial charge in [-0.3, -0.25) is 9.59 Å². The minimum Gasteiger partial charge on any atom is -0.325 e. The summed E-state index contributed by atoms with van der Waals surface area (Å²) in [4.78, 5) is 28.3. The van der Waals surface area contributed by atoms with Crippen molar-refractivity contribution in [2.45, 2.75) is 19.9 Å². The van der Waals surface area contributed by atoms with Gasteiger partial charge >= 0.3 is 0 Å². The zero-order valence-corrected chi connectivity index (χ0v) is 13.5. The van der Waals surface area contributed by atoms with Crippen molar-refractivity contribution in [2.75, 3.05) is 18.0 Å². The average Bonchev–Trinajstić information content (AvgIpc) is 3.04. The lowest BCUT2D eigenvalue weighted by atomic mass is 10.1. The number of carbonyl (C=O) groups is 2. The highest BCUT2D eigenvalue weighted by molar-refractivity contribution is 7.08. The van der Waals surface area contributed by atoms with Crippen LogP contribution in [0.3, 0.4) is 0 Å². The number of aryl methyl sites for hydroxylation is 1. The number of nitrogens with zero attached hydrogens (tertiary/aromatic N) is 2. The first kappa shape index (κ1) is 14.8. The Balaban J connectivity index is 1.78. The standard InChI is InChI=1S/C17H18N2O2S/c1-12-3-5-15(6-4-12)19-9-13(2)18(10-16(19)20)17(21)14-7-8-22-11-14/h3-8,11,13H,9-10H2,1-2H3. The smallest absolute Gasteiger partial charge is 0.255 e. The molecule has 2 amide bonds. The van der Waals surface area contributed by atoms with Crippen LogP contribution in [0.5, 0.6) is 0 Å². The molecule has 1 aromatic heterocycles. The zero-order chi connectivity index (χ0) is 15.7. The molecule has 1 fully saturated rings. The molecule has 3 rings (SSSR count). The van der Waals surface area contributed by atoms with Gasteiger partial charge in [0.05, 0.1) is 5.56 Å². The molecule has 2 heterocycles. The van der Waals surface area contributed by atoms with E-state index in [1.54, 1.807) is 15.9 Å². The molecular formula is C17H18N2O2S. The molecule has 0 bridgehead atoms. The van der Waals surface area contributed by atoms with Gasteiger partial charge in [-0.2, -0.15) is 11.3 Å². The van der Waals surface area contributed by atoms with Gasteiger partial charge in [-0.1, -0.05) is 17.7 Å². The van der Waals surface area contributed by atoms with Gasteiger partial charge in [-0.25, -0.2) is 0 Å². The summed E-state index contributed by atoms with van der Waals surface area (Å²) in [7, 11) is 0. The molecule has 0 N–H and O–H groups in total. The van der Waals surface area contributed by atoms with E-state index in [4.69, 9.17) is 0 Å². The minimum absolute atomic E-state index is 0.00796. The van der Waals surface area contributed by atoms with Gasteiger partial charge in [0.1, 0.15) is 6.54 Å². The van der Waals surface area contributed by atoms with Crippen LogP contribution in [0.1, 0.15) is 22.8 Å². The second-order valence-electron chi connectivity index (χ2n) is 5.63. The molecule has 1 aliphatic heterocycles. The zero-order valence-electron chi connectivity index (χ0n) is 12.7. The molecule has 1 atom stereocenters. The Hall–Kier alpha value is -2.14. The number of anilines is 1. The number of thiophene rings is 1. The van der Waals surface area contributed by atoms with Crippen LogP contribution in [-0.4, -0.2) is 35.8 Å². The average molecular weight is 314 g/mol. The van der Waals surface area contributed by atoms with E-state index >= 15 is 0 Å². The summed E-state index contributed by atoms with van der Waals surface area (Å²) >= 11 is 1.49. The van der Waals surface area contributed by atoms with E-state index in [9.17, 15) is 9.59 Å². The number of hydrogen-bond donors (Lipinski definition) is 0. The molecule has 0 spiro atoms. The summed E-state index contributed by atoms with van der Waals surface area (Å²) in [5.41, 5.74) is 2.72. The van der Waals surface area contributed by atoms with E-state index in [-0.39, 0.29) is 24.4 Å². The van der Waals surface area contributed by atoms with Crippen LogP contribution < -0.4 is 4.90 Å². The molecule has 5 heteroatoms. The molecule has 1 unspecified atom stereocenters. The lowest BCUT2D eigenvalue weighted by Gasteiger charge is -2.39. The van der Waals surface area contributed by atoms with Crippen LogP contribution in [0.2, 0.25) is 0 Å². The van der Waals surface area contributed by atoms with Crippen LogP contribution in [0.15, 0.2) is 41.1 Å². The fourth-order valence-corrected chi connectivity index (χ4v) is 3.28. The van der Waals surface area contributed by atoms with E-state index in [0.717, 1.165) is 11.3 Å². The highest BCUT2D eigenvalue weighted by Crippen LogP contribution is 2.22. The fourth-order valence-electron chi connectivity index (χ4n) is 2.65. The van der Waals surface area contributed by atoms with E-state index in [2.05, 4.69) is 0 Å². The lowest BCUT2D eigenvalue weighted by Crippen LogP contribution is -2.57. The van der Waals surface area contributed by atoms with Crippen molar-refractivity contribution < 1.29 is 9.59 Å². The van der Waals surface area contributed by atoms with E-state index < -0.39 is 0 Å². The fraction of sp³-hybridized carbons (Fsp3) is 0.294. The monoisotopic (exact) mass is 314 g/mol. The predicted molar refractivity (Wildman–Crippen MR) is 88.3 cm³/mol. The second kappa shape index (κ2) is 5.93. The molecule has 0 aliphatic carbocycles. The summed E-state index contributed by atoms with van der Waals surface area (Å²) in [6.45, 7) is 4.66. The minimum atomic E-state index is -0.0642. The third-order valence-corrected chi connectivity index (χ3v) is 4.64. The van der Waals surface area contributed by atoms with Gasteiger partial charge in [-0.05, 0) is 37.4 Å². The van der Waals surface area contributed by atoms with Crippen molar-refractivity contribution in [3.8, 4) is 0 Å². The second-order valence-corrected chi connectivity index (χ2v) is 6.41. The normalized spacial score (nSPS) is 18.6. The van der Waals surface area contributed by atoms with E-state index in [1.807, 2.05) is 48.9 Å². The first-order chi connectivity index (χ1) is 10.6. The first-order valence-electron chi connectivity index (χ1n) is 7.26. The van der Waals surface area contributed by atoms with Crippen molar-refractivity contribution in [2.24, 2.45) is 0 Å². The van der Waals surface area contributed by atoms with Gasteiger partial charge < -0.3 is 9.80 Å². The van der Waals surface area contributed by atoms with Crippen molar-refractivity contribution in [1.82, 2.24) is 4.90 Å². The maximum atomic E-state index is 12.5. The van der Waals surface area contributed by atoms with Crippen molar-refractivity contribution in [1.29, 1.82) is 0 Å². The van der Waals surface area contributed by atoms with E-state index in [1.165, 1.54) is 11.3 Å². The van der Waals surface area contributed by atoms with Crippen molar-refractivity contribution in [3.63, 3.8) is 0 Å². The van der Waals surface area contributed by atoms with Gasteiger partial charge in [0.25, 0.3) is 5.91 Å². The molecule has 1 aromatic carbocycles. The number of hydrogen-bond acceptors (Lipinski definition) is 3. The van der Waals surface area contributed by atoms with Crippen LogP contribution in [0.4, 0.5) is 5.69 Å². The lowest BCUT2D eigenvalue weighted by molar-refractivity contribution is -0.121. The molecule has 114 valence electrons. The summed E-state index contributed by atoms with van der Waals surface area (Å²) in [6.07, 6.45) is 0. The highest BCUT2D eigenvalue weighted by Gasteiger charge is 2.33. The van der Waals surface area contributed by atoms with Gasteiger partial charge in [0, 0.05) is 23.7 Å². The molecule has 0 radical (unpaired) electrons. The number of piperazine rings is 1. The molecule has 1 aliphatic rings. The number of rotatable bonds is 2. The maximum absolute atomic E-state index is 12.5. The number of benzene rings is 1. The van der Waals surface area contributed by atoms with Crippen LogP contribution >= 0.6 is 11.3 Å². The summed E-state index contributed by atoms with van der Waals surface area (Å²) in [5.74, 6) is -0.101.